The molecule has 1 aliphatic heterocycles. The smallest absolute Gasteiger partial charge is 0.270 e. The second-order valence-electron chi connectivity index (χ2n) is 7.40. The Labute approximate surface area is 170 Å². The van der Waals surface area contributed by atoms with Crippen LogP contribution < -0.4 is 10.2 Å². The number of halogens is 1. The molecule has 144 valence electrons. The summed E-state index contributed by atoms with van der Waals surface area (Å²) in [5, 5.41) is 4.79. The van der Waals surface area contributed by atoms with Crippen LogP contribution in [0.4, 0.5) is 5.69 Å². The third-order valence-electron chi connectivity index (χ3n) is 5.24. The maximum absolute atomic E-state index is 12.8. The highest BCUT2D eigenvalue weighted by Crippen LogP contribution is 2.30. The van der Waals surface area contributed by atoms with Crippen LogP contribution in [0.5, 0.6) is 0 Å². The number of pyridine rings is 1. The molecule has 4 nitrogen and oxygen atoms in total. The lowest BCUT2D eigenvalue weighted by Crippen LogP contribution is -2.30. The fraction of sp³-hybridized carbons (Fsp3) is 0.304. The van der Waals surface area contributed by atoms with Crippen LogP contribution in [0.25, 0.3) is 10.9 Å². The summed E-state index contributed by atoms with van der Waals surface area (Å²) in [6.07, 6.45) is 3.65. The first-order valence-electron chi connectivity index (χ1n) is 9.79. The average molecular weight is 394 g/mol. The van der Waals surface area contributed by atoms with Gasteiger partial charge in [-0.05, 0) is 62.1 Å². The standard InChI is InChI=1S/C23H24ClN3O/c1-16-5-10-20-19(13-16)22(27-11-3-2-4-12-27)14-21(26-20)23(28)25-15-17-6-8-18(24)9-7-17/h5-10,13-14H,2-4,11-12,15H2,1H3,(H,25,28). The summed E-state index contributed by atoms with van der Waals surface area (Å²) in [6.45, 7) is 4.59. The minimum Gasteiger partial charge on any atom is -0.371 e. The number of aromatic nitrogens is 1. The molecule has 2 heterocycles. The number of carbonyl (C=O) groups excluding carboxylic acids is 1. The van der Waals surface area contributed by atoms with Gasteiger partial charge in [0.2, 0.25) is 0 Å². The molecule has 1 fully saturated rings. The number of hydrogen-bond donors (Lipinski definition) is 1. The summed E-state index contributed by atoms with van der Waals surface area (Å²) in [6, 6.07) is 15.7. The lowest BCUT2D eigenvalue weighted by Gasteiger charge is -2.30. The molecule has 0 unspecified atom stereocenters. The number of nitrogens with zero attached hydrogens (tertiary/aromatic N) is 2. The van der Waals surface area contributed by atoms with Gasteiger partial charge in [-0.15, -0.1) is 0 Å². The molecule has 0 atom stereocenters. The zero-order valence-electron chi connectivity index (χ0n) is 16.0. The largest absolute Gasteiger partial charge is 0.371 e. The van der Waals surface area contributed by atoms with Gasteiger partial charge in [0.1, 0.15) is 5.69 Å². The Hall–Kier alpha value is -2.59. The molecule has 3 aromatic rings. The van der Waals surface area contributed by atoms with Gasteiger partial charge in [-0.25, -0.2) is 4.98 Å². The van der Waals surface area contributed by atoms with Gasteiger partial charge >= 0.3 is 0 Å². The van der Waals surface area contributed by atoms with Crippen molar-refractivity contribution in [2.45, 2.75) is 32.7 Å². The molecule has 0 spiro atoms. The number of anilines is 1. The van der Waals surface area contributed by atoms with E-state index in [0.29, 0.717) is 17.3 Å². The van der Waals surface area contributed by atoms with Gasteiger partial charge < -0.3 is 10.2 Å². The number of fused-ring (bicyclic) bond motifs is 1. The van der Waals surface area contributed by atoms with Crippen LogP contribution in [-0.4, -0.2) is 24.0 Å². The van der Waals surface area contributed by atoms with E-state index in [1.165, 1.54) is 24.8 Å². The van der Waals surface area contributed by atoms with Crippen molar-refractivity contribution in [1.82, 2.24) is 10.3 Å². The monoisotopic (exact) mass is 393 g/mol. The number of nitrogens with one attached hydrogen (secondary N) is 1. The van der Waals surface area contributed by atoms with E-state index in [4.69, 9.17) is 11.6 Å². The van der Waals surface area contributed by atoms with Gasteiger partial charge in [-0.3, -0.25) is 4.79 Å². The van der Waals surface area contributed by atoms with E-state index in [-0.39, 0.29) is 5.91 Å². The van der Waals surface area contributed by atoms with Crippen LogP contribution in [0.15, 0.2) is 48.5 Å². The number of hydrogen-bond acceptors (Lipinski definition) is 3. The van der Waals surface area contributed by atoms with Crippen molar-refractivity contribution in [3.63, 3.8) is 0 Å². The fourth-order valence-corrected chi connectivity index (χ4v) is 3.84. The summed E-state index contributed by atoms with van der Waals surface area (Å²) < 4.78 is 0. The van der Waals surface area contributed by atoms with Crippen LogP contribution in [0.1, 0.15) is 40.9 Å². The third-order valence-corrected chi connectivity index (χ3v) is 5.49. The SMILES string of the molecule is Cc1ccc2nc(C(=O)NCc3ccc(Cl)cc3)cc(N3CCCCC3)c2c1. The maximum Gasteiger partial charge on any atom is 0.270 e. The molecular weight excluding hydrogens is 370 g/mol. The molecule has 0 aliphatic carbocycles. The maximum atomic E-state index is 12.8. The molecule has 1 aromatic heterocycles. The molecular formula is C23H24ClN3O. The minimum absolute atomic E-state index is 0.157. The Bertz CT molecular complexity index is 995. The van der Waals surface area contributed by atoms with Crippen molar-refractivity contribution in [2.75, 3.05) is 18.0 Å². The molecule has 0 radical (unpaired) electrons. The lowest BCUT2D eigenvalue weighted by atomic mass is 10.1. The van der Waals surface area contributed by atoms with Gasteiger partial charge in [0.25, 0.3) is 5.91 Å². The molecule has 1 N–H and O–H groups in total. The molecule has 1 amide bonds. The predicted molar refractivity (Wildman–Crippen MR) is 115 cm³/mol. The van der Waals surface area contributed by atoms with E-state index in [1.807, 2.05) is 42.5 Å². The second-order valence-corrected chi connectivity index (χ2v) is 7.84. The third kappa shape index (κ3) is 4.12. The number of carbonyl (C=O) groups is 1. The second kappa shape index (κ2) is 8.19. The topological polar surface area (TPSA) is 45.2 Å². The van der Waals surface area contributed by atoms with E-state index in [9.17, 15) is 4.79 Å². The Morgan fingerprint density at radius 1 is 1.07 bits per heavy atom. The van der Waals surface area contributed by atoms with E-state index < -0.39 is 0 Å². The number of piperidine rings is 1. The quantitative estimate of drug-likeness (QED) is 0.669. The van der Waals surface area contributed by atoms with Gasteiger partial charge in [0.05, 0.1) is 5.52 Å². The zero-order chi connectivity index (χ0) is 19.5. The minimum atomic E-state index is -0.157. The van der Waals surface area contributed by atoms with Gasteiger partial charge in [-0.1, -0.05) is 35.4 Å². The van der Waals surface area contributed by atoms with Crippen LogP contribution in [0.3, 0.4) is 0 Å². The molecule has 28 heavy (non-hydrogen) atoms. The van der Waals surface area contributed by atoms with Crippen molar-refractivity contribution in [3.05, 3.63) is 70.4 Å². The number of rotatable bonds is 4. The van der Waals surface area contributed by atoms with Crippen LogP contribution in [-0.2, 0) is 6.54 Å². The van der Waals surface area contributed by atoms with E-state index in [2.05, 4.69) is 28.2 Å². The highest BCUT2D eigenvalue weighted by molar-refractivity contribution is 6.30. The zero-order valence-corrected chi connectivity index (χ0v) is 16.8. The van der Waals surface area contributed by atoms with Crippen LogP contribution in [0.2, 0.25) is 5.02 Å². The molecule has 2 aromatic carbocycles. The van der Waals surface area contributed by atoms with Crippen LogP contribution in [0, 0.1) is 6.92 Å². The number of benzene rings is 2. The fourth-order valence-electron chi connectivity index (χ4n) is 3.71. The normalized spacial score (nSPS) is 14.3. The van der Waals surface area contributed by atoms with Gasteiger partial charge in [0, 0.05) is 35.7 Å². The summed E-state index contributed by atoms with van der Waals surface area (Å²) >= 11 is 5.93. The first kappa shape index (κ1) is 18.8. The Morgan fingerprint density at radius 3 is 2.57 bits per heavy atom. The molecule has 5 heteroatoms. The van der Waals surface area contributed by atoms with E-state index in [0.717, 1.165) is 35.2 Å². The first-order valence-corrected chi connectivity index (χ1v) is 10.2. The molecule has 0 bridgehead atoms. The van der Waals surface area contributed by atoms with E-state index in [1.54, 1.807) is 0 Å². The molecule has 1 saturated heterocycles. The first-order chi connectivity index (χ1) is 13.6. The van der Waals surface area contributed by atoms with Crippen molar-refractivity contribution in [2.24, 2.45) is 0 Å². The van der Waals surface area contributed by atoms with Gasteiger partial charge in [-0.2, -0.15) is 0 Å². The number of aryl methyl sites for hydroxylation is 1. The van der Waals surface area contributed by atoms with Crippen molar-refractivity contribution in [1.29, 1.82) is 0 Å². The van der Waals surface area contributed by atoms with Gasteiger partial charge in [0.15, 0.2) is 0 Å². The highest BCUT2D eigenvalue weighted by atomic mass is 35.5. The predicted octanol–water partition coefficient (Wildman–Crippen LogP) is 5.12. The lowest BCUT2D eigenvalue weighted by molar-refractivity contribution is 0.0946. The molecule has 0 saturated carbocycles. The van der Waals surface area contributed by atoms with E-state index >= 15 is 0 Å². The molecule has 4 rings (SSSR count). The summed E-state index contributed by atoms with van der Waals surface area (Å²) in [5.41, 5.74) is 4.65. The Balaban J connectivity index is 1.63. The van der Waals surface area contributed by atoms with Crippen molar-refractivity contribution < 1.29 is 4.79 Å². The summed E-state index contributed by atoms with van der Waals surface area (Å²) in [5.74, 6) is -0.157. The number of amides is 1. The van der Waals surface area contributed by atoms with Crippen molar-refractivity contribution >= 4 is 34.1 Å². The van der Waals surface area contributed by atoms with Crippen LogP contribution >= 0.6 is 11.6 Å². The molecule has 1 aliphatic rings. The summed E-state index contributed by atoms with van der Waals surface area (Å²) in [7, 11) is 0. The average Bonchev–Trinajstić information content (AvgIpc) is 2.73. The highest BCUT2D eigenvalue weighted by Gasteiger charge is 2.18. The Kier molecular flexibility index (Phi) is 5.49. The Morgan fingerprint density at radius 2 is 1.82 bits per heavy atom. The summed E-state index contributed by atoms with van der Waals surface area (Å²) in [4.78, 5) is 19.8. The van der Waals surface area contributed by atoms with Crippen molar-refractivity contribution in [3.8, 4) is 0 Å².